The van der Waals surface area contributed by atoms with Gasteiger partial charge in [0.05, 0.1) is 5.25 Å². The van der Waals surface area contributed by atoms with Crippen molar-refractivity contribution < 1.29 is 8.42 Å². The summed E-state index contributed by atoms with van der Waals surface area (Å²) in [7, 11) is -2.87. The summed E-state index contributed by atoms with van der Waals surface area (Å²) in [5, 5.41) is 3.28. The van der Waals surface area contributed by atoms with Crippen LogP contribution in [0.4, 0.5) is 0 Å². The van der Waals surface area contributed by atoms with E-state index in [1.165, 1.54) is 6.26 Å². The summed E-state index contributed by atoms with van der Waals surface area (Å²) in [6, 6.07) is 0. The number of piperidine rings is 1. The second-order valence-electron chi connectivity index (χ2n) is 5.30. The fraction of sp³-hybridized carbons (Fsp3) is 1.00. The van der Waals surface area contributed by atoms with Crippen LogP contribution in [0.2, 0.25) is 0 Å². The van der Waals surface area contributed by atoms with Gasteiger partial charge in [-0.1, -0.05) is 13.3 Å². The zero-order chi connectivity index (χ0) is 11.1. The van der Waals surface area contributed by atoms with Gasteiger partial charge in [-0.3, -0.25) is 0 Å². The van der Waals surface area contributed by atoms with Crippen LogP contribution in [0.15, 0.2) is 0 Å². The fourth-order valence-corrected chi connectivity index (χ4v) is 5.56. The zero-order valence-corrected chi connectivity index (χ0v) is 10.4. The molecule has 0 aromatic heterocycles. The van der Waals surface area contributed by atoms with Crippen molar-refractivity contribution >= 4 is 9.84 Å². The van der Waals surface area contributed by atoms with E-state index in [4.69, 9.17) is 0 Å². The van der Waals surface area contributed by atoms with Gasteiger partial charge in [0.25, 0.3) is 0 Å². The molecule has 1 saturated carbocycles. The van der Waals surface area contributed by atoms with Crippen LogP contribution < -0.4 is 5.32 Å². The van der Waals surface area contributed by atoms with Crippen molar-refractivity contribution in [3.63, 3.8) is 0 Å². The Morgan fingerprint density at radius 3 is 2.67 bits per heavy atom. The minimum atomic E-state index is -2.87. The Morgan fingerprint density at radius 1 is 1.33 bits per heavy atom. The van der Waals surface area contributed by atoms with Crippen molar-refractivity contribution in [1.29, 1.82) is 0 Å². The Kier molecular flexibility index (Phi) is 2.84. The van der Waals surface area contributed by atoms with E-state index in [1.807, 2.05) is 0 Å². The molecule has 1 aliphatic heterocycles. The maximum absolute atomic E-state index is 11.8. The molecule has 0 amide bonds. The molecule has 0 radical (unpaired) electrons. The predicted octanol–water partition coefficient (Wildman–Crippen LogP) is 1.20. The van der Waals surface area contributed by atoms with Gasteiger partial charge >= 0.3 is 0 Å². The van der Waals surface area contributed by atoms with Gasteiger partial charge < -0.3 is 5.32 Å². The average molecular weight is 231 g/mol. The summed E-state index contributed by atoms with van der Waals surface area (Å²) >= 11 is 0. The number of sulfone groups is 1. The molecule has 2 fully saturated rings. The quantitative estimate of drug-likeness (QED) is 0.737. The van der Waals surface area contributed by atoms with Crippen molar-refractivity contribution in [3.05, 3.63) is 0 Å². The Bertz CT molecular complexity index is 338. The van der Waals surface area contributed by atoms with Crippen molar-refractivity contribution in [2.45, 2.75) is 37.9 Å². The first-order valence-electron chi connectivity index (χ1n) is 5.86. The maximum atomic E-state index is 11.8. The molecule has 1 aliphatic carbocycles. The molecule has 15 heavy (non-hydrogen) atoms. The van der Waals surface area contributed by atoms with Crippen LogP contribution in [-0.2, 0) is 9.84 Å². The number of nitrogens with one attached hydrogen (secondary N) is 1. The summed E-state index contributed by atoms with van der Waals surface area (Å²) in [5.74, 6) is 0.494. The molecule has 0 aromatic rings. The van der Waals surface area contributed by atoms with Crippen LogP contribution in [0.25, 0.3) is 0 Å². The Balaban J connectivity index is 2.32. The molecular weight excluding hydrogens is 210 g/mol. The fourth-order valence-electron chi connectivity index (χ4n) is 3.64. The van der Waals surface area contributed by atoms with Crippen LogP contribution in [0.1, 0.15) is 32.6 Å². The third kappa shape index (κ3) is 1.82. The summed E-state index contributed by atoms with van der Waals surface area (Å²) in [6.07, 6.45) is 5.52. The summed E-state index contributed by atoms with van der Waals surface area (Å²) in [6.45, 7) is 4.16. The van der Waals surface area contributed by atoms with E-state index in [0.29, 0.717) is 5.92 Å². The first kappa shape index (κ1) is 11.4. The highest BCUT2D eigenvalue weighted by atomic mass is 32.2. The largest absolute Gasteiger partial charge is 0.316 e. The molecule has 3 nitrogen and oxygen atoms in total. The highest BCUT2D eigenvalue weighted by Gasteiger charge is 2.51. The van der Waals surface area contributed by atoms with Crippen LogP contribution in [0, 0.1) is 11.3 Å². The van der Waals surface area contributed by atoms with Crippen molar-refractivity contribution in [2.24, 2.45) is 11.3 Å². The molecule has 1 N–H and O–H groups in total. The molecule has 1 saturated heterocycles. The van der Waals surface area contributed by atoms with Gasteiger partial charge in [0, 0.05) is 6.26 Å². The van der Waals surface area contributed by atoms with E-state index in [0.717, 1.165) is 38.8 Å². The summed E-state index contributed by atoms with van der Waals surface area (Å²) in [4.78, 5) is 0. The van der Waals surface area contributed by atoms with E-state index in [2.05, 4.69) is 12.2 Å². The molecule has 0 aromatic carbocycles. The van der Waals surface area contributed by atoms with E-state index in [1.54, 1.807) is 0 Å². The zero-order valence-electron chi connectivity index (χ0n) is 9.62. The van der Waals surface area contributed by atoms with E-state index < -0.39 is 9.84 Å². The molecule has 2 rings (SSSR count). The smallest absolute Gasteiger partial charge is 0.150 e. The Hall–Kier alpha value is -0.0900. The van der Waals surface area contributed by atoms with Crippen LogP contribution >= 0.6 is 0 Å². The lowest BCUT2D eigenvalue weighted by molar-refractivity contribution is 0.132. The van der Waals surface area contributed by atoms with Crippen molar-refractivity contribution in [3.8, 4) is 0 Å². The third-order valence-electron chi connectivity index (χ3n) is 4.47. The lowest BCUT2D eigenvalue weighted by atomic mass is 9.70. The molecule has 3 atom stereocenters. The van der Waals surface area contributed by atoms with Crippen LogP contribution in [0.3, 0.4) is 0 Å². The highest BCUT2D eigenvalue weighted by molar-refractivity contribution is 7.91. The Labute approximate surface area is 92.6 Å². The molecule has 1 heterocycles. The van der Waals surface area contributed by atoms with Crippen molar-refractivity contribution in [1.82, 2.24) is 5.32 Å². The van der Waals surface area contributed by atoms with Gasteiger partial charge in [-0.2, -0.15) is 0 Å². The summed E-state index contributed by atoms with van der Waals surface area (Å²) < 4.78 is 23.7. The SMILES string of the molecule is CC1CNCCC12CCCC2S(C)(=O)=O. The molecule has 1 spiro atoms. The number of rotatable bonds is 1. The second kappa shape index (κ2) is 3.74. The molecule has 0 bridgehead atoms. The topological polar surface area (TPSA) is 46.2 Å². The van der Waals surface area contributed by atoms with E-state index in [9.17, 15) is 8.42 Å². The van der Waals surface area contributed by atoms with E-state index >= 15 is 0 Å². The predicted molar refractivity (Wildman–Crippen MR) is 61.6 cm³/mol. The number of hydrogen-bond donors (Lipinski definition) is 1. The van der Waals surface area contributed by atoms with Gasteiger partial charge in [-0.15, -0.1) is 0 Å². The molecule has 3 unspecified atom stereocenters. The lowest BCUT2D eigenvalue weighted by Gasteiger charge is -2.43. The second-order valence-corrected chi connectivity index (χ2v) is 7.53. The van der Waals surface area contributed by atoms with Gasteiger partial charge in [-0.05, 0) is 43.7 Å². The van der Waals surface area contributed by atoms with Gasteiger partial charge in [0.1, 0.15) is 0 Å². The molecule has 2 aliphatic rings. The number of hydrogen-bond acceptors (Lipinski definition) is 3. The molecule has 88 valence electrons. The minimum absolute atomic E-state index is 0.0814. The van der Waals surface area contributed by atoms with Crippen LogP contribution in [-0.4, -0.2) is 33.0 Å². The van der Waals surface area contributed by atoms with Crippen LogP contribution in [0.5, 0.6) is 0 Å². The monoisotopic (exact) mass is 231 g/mol. The third-order valence-corrected chi connectivity index (χ3v) is 6.20. The summed E-state index contributed by atoms with van der Waals surface area (Å²) in [5.41, 5.74) is 0.0822. The van der Waals surface area contributed by atoms with Gasteiger partial charge in [0.2, 0.25) is 0 Å². The molecule has 4 heteroatoms. The van der Waals surface area contributed by atoms with Gasteiger partial charge in [0.15, 0.2) is 9.84 Å². The lowest BCUT2D eigenvalue weighted by Crippen LogP contribution is -2.50. The Morgan fingerprint density at radius 2 is 2.07 bits per heavy atom. The van der Waals surface area contributed by atoms with Crippen molar-refractivity contribution in [2.75, 3.05) is 19.3 Å². The highest BCUT2D eigenvalue weighted by Crippen LogP contribution is 2.50. The van der Waals surface area contributed by atoms with Gasteiger partial charge in [-0.25, -0.2) is 8.42 Å². The first-order chi connectivity index (χ1) is 6.97. The molecular formula is C11H21NO2S. The normalized spacial score (nSPS) is 42.3. The average Bonchev–Trinajstić information content (AvgIpc) is 2.55. The standard InChI is InChI=1S/C11H21NO2S/c1-9-8-12-7-6-11(9)5-3-4-10(11)15(2,13)14/h9-10,12H,3-8H2,1-2H3. The van der Waals surface area contributed by atoms with E-state index in [-0.39, 0.29) is 10.7 Å². The first-order valence-corrected chi connectivity index (χ1v) is 7.82. The minimum Gasteiger partial charge on any atom is -0.316 e. The maximum Gasteiger partial charge on any atom is 0.150 e.